The Morgan fingerprint density at radius 1 is 1.70 bits per heavy atom. The van der Waals surface area contributed by atoms with Gasteiger partial charge in [0.05, 0.1) is 0 Å². The third kappa shape index (κ3) is 3.18. The molecule has 0 radical (unpaired) electrons. The van der Waals surface area contributed by atoms with Gasteiger partial charge in [-0.25, -0.2) is 9.98 Å². The number of rotatable bonds is 0. The monoisotopic (exact) mass is 191 g/mol. The molecule has 4 nitrogen and oxygen atoms in total. The van der Waals surface area contributed by atoms with Gasteiger partial charge in [0.2, 0.25) is 5.29 Å². The molecule has 0 amide bonds. The van der Waals surface area contributed by atoms with Gasteiger partial charge in [0.1, 0.15) is 6.34 Å². The van der Waals surface area contributed by atoms with Crippen LogP contribution >= 0.6 is 23.2 Å². The molecule has 0 bridgehead atoms. The minimum absolute atomic E-state index is 0. The Balaban J connectivity index is 0.000000810. The number of hydrogen-bond acceptors (Lipinski definition) is 4. The summed E-state index contributed by atoms with van der Waals surface area (Å²) in [5.41, 5.74) is 0. The molecule has 1 aliphatic heterocycles. The molecule has 0 aromatic heterocycles. The summed E-state index contributed by atoms with van der Waals surface area (Å²) in [5, 5.41) is 9.23. The number of nitrogens with zero attached hydrogens (tertiary/aromatic N) is 2. The normalized spacial score (nSPS) is 30.1. The van der Waals surface area contributed by atoms with E-state index in [1.54, 1.807) is 0 Å². The van der Waals surface area contributed by atoms with Crippen LogP contribution in [0.5, 0.6) is 0 Å². The van der Waals surface area contributed by atoms with Crippen molar-refractivity contribution in [3.63, 3.8) is 0 Å². The Labute approximate surface area is 89.6 Å². The van der Waals surface area contributed by atoms with E-state index in [2.05, 4.69) is 15.3 Å². The standard InChI is InChI=1S/C3H3Cl2N3O.Na.H/c4-2-6-1-7-3(5,9)8-2;;/h1,9H,(H,6,7,8);;. The molecule has 0 spiro atoms. The van der Waals surface area contributed by atoms with Crippen molar-refractivity contribution in [2.24, 2.45) is 9.98 Å². The Kier molecular flexibility index (Phi) is 4.16. The van der Waals surface area contributed by atoms with E-state index in [1.165, 1.54) is 0 Å². The number of nitrogens with one attached hydrogen (secondary N) is 1. The summed E-state index contributed by atoms with van der Waals surface area (Å²) in [5.74, 6) is 0. The molecule has 1 atom stereocenters. The predicted molar refractivity (Wildman–Crippen MR) is 42.9 cm³/mol. The zero-order chi connectivity index (χ0) is 6.91. The van der Waals surface area contributed by atoms with Crippen LogP contribution in [0.15, 0.2) is 9.98 Å². The van der Waals surface area contributed by atoms with Crippen LogP contribution in [0.3, 0.4) is 0 Å². The fraction of sp³-hybridized carbons (Fsp3) is 0.333. The van der Waals surface area contributed by atoms with E-state index < -0.39 is 5.31 Å². The molecule has 0 saturated carbocycles. The number of aliphatic hydroxyl groups is 1. The van der Waals surface area contributed by atoms with Gasteiger partial charge in [-0.05, 0) is 23.2 Å². The molecule has 0 aromatic carbocycles. The average Bonchev–Trinajstić information content (AvgIpc) is 1.60. The SMILES string of the molecule is OC1(Cl)N=CN=C(Cl)N1.[NaH]. The molecule has 7 heteroatoms. The van der Waals surface area contributed by atoms with E-state index in [-0.39, 0.29) is 34.9 Å². The van der Waals surface area contributed by atoms with Crippen molar-refractivity contribution in [2.75, 3.05) is 0 Å². The van der Waals surface area contributed by atoms with Crippen LogP contribution in [0, 0.1) is 0 Å². The average molecular weight is 192 g/mol. The predicted octanol–water partition coefficient (Wildman–Crippen LogP) is -0.593. The minimum atomic E-state index is -1.82. The zero-order valence-corrected chi connectivity index (χ0v) is 5.69. The van der Waals surface area contributed by atoms with E-state index in [0.29, 0.717) is 0 Å². The van der Waals surface area contributed by atoms with Gasteiger partial charge in [0, 0.05) is 0 Å². The van der Waals surface area contributed by atoms with Gasteiger partial charge in [0.15, 0.2) is 0 Å². The van der Waals surface area contributed by atoms with Gasteiger partial charge in [-0.15, -0.1) is 0 Å². The van der Waals surface area contributed by atoms with Crippen LogP contribution in [-0.2, 0) is 0 Å². The van der Waals surface area contributed by atoms with Crippen molar-refractivity contribution in [3.05, 3.63) is 0 Å². The van der Waals surface area contributed by atoms with E-state index in [4.69, 9.17) is 28.3 Å². The van der Waals surface area contributed by atoms with Crippen LogP contribution in [-0.4, -0.2) is 51.6 Å². The molecule has 1 heterocycles. The van der Waals surface area contributed by atoms with E-state index in [9.17, 15) is 0 Å². The topological polar surface area (TPSA) is 57.0 Å². The summed E-state index contributed by atoms with van der Waals surface area (Å²) < 4.78 is 0. The van der Waals surface area contributed by atoms with Crippen LogP contribution < -0.4 is 5.32 Å². The van der Waals surface area contributed by atoms with Crippen molar-refractivity contribution in [1.82, 2.24) is 5.32 Å². The molecular weight excluding hydrogens is 188 g/mol. The van der Waals surface area contributed by atoms with E-state index >= 15 is 0 Å². The molecule has 0 fully saturated rings. The third-order valence-electron chi connectivity index (χ3n) is 0.662. The summed E-state index contributed by atoms with van der Waals surface area (Å²) in [6, 6.07) is 0. The number of halogens is 2. The summed E-state index contributed by atoms with van der Waals surface area (Å²) in [7, 11) is 0. The van der Waals surface area contributed by atoms with E-state index in [1.807, 2.05) is 0 Å². The van der Waals surface area contributed by atoms with Gasteiger partial charge >= 0.3 is 34.9 Å². The summed E-state index contributed by atoms with van der Waals surface area (Å²) in [4.78, 5) is 6.79. The molecule has 0 saturated heterocycles. The number of aliphatic imine (C=N–C) groups is 2. The molecular formula is C3H4Cl2N3NaO. The van der Waals surface area contributed by atoms with Crippen molar-refractivity contribution in [2.45, 2.75) is 5.31 Å². The van der Waals surface area contributed by atoms with Crippen molar-refractivity contribution in [1.29, 1.82) is 0 Å². The molecule has 2 N–H and O–H groups in total. The summed E-state index contributed by atoms with van der Waals surface area (Å²) in [6.07, 6.45) is 1.08. The number of alkyl halides is 1. The first-order chi connectivity index (χ1) is 4.10. The molecule has 1 aliphatic rings. The van der Waals surface area contributed by atoms with Gasteiger partial charge in [-0.3, -0.25) is 5.32 Å². The fourth-order valence-corrected chi connectivity index (χ4v) is 0.709. The van der Waals surface area contributed by atoms with Gasteiger partial charge in [-0.1, -0.05) is 0 Å². The van der Waals surface area contributed by atoms with Crippen molar-refractivity contribution < 1.29 is 5.11 Å². The number of hydrogen-bond donors (Lipinski definition) is 2. The maximum absolute atomic E-state index is 8.84. The molecule has 0 aliphatic carbocycles. The Hall–Kier alpha value is 0.680. The second kappa shape index (κ2) is 3.90. The van der Waals surface area contributed by atoms with Crippen LogP contribution in [0.2, 0.25) is 0 Å². The molecule has 10 heavy (non-hydrogen) atoms. The van der Waals surface area contributed by atoms with Crippen LogP contribution in [0.4, 0.5) is 0 Å². The first kappa shape index (κ1) is 10.7. The van der Waals surface area contributed by atoms with E-state index in [0.717, 1.165) is 6.34 Å². The summed E-state index contributed by atoms with van der Waals surface area (Å²) in [6.45, 7) is 0. The first-order valence-corrected chi connectivity index (χ1v) is 2.82. The molecule has 0 aromatic rings. The molecule has 1 rings (SSSR count). The Morgan fingerprint density at radius 2 is 2.30 bits per heavy atom. The zero-order valence-electron chi connectivity index (χ0n) is 4.17. The van der Waals surface area contributed by atoms with Gasteiger partial charge < -0.3 is 5.11 Å². The second-order valence-corrected chi connectivity index (χ2v) is 2.26. The fourth-order valence-electron chi connectivity index (χ4n) is 0.352. The van der Waals surface area contributed by atoms with Crippen LogP contribution in [0.1, 0.15) is 0 Å². The van der Waals surface area contributed by atoms with Crippen LogP contribution in [0.25, 0.3) is 0 Å². The van der Waals surface area contributed by atoms with Crippen molar-refractivity contribution in [3.8, 4) is 0 Å². The summed E-state index contributed by atoms with van der Waals surface area (Å²) >= 11 is 10.6. The quantitative estimate of drug-likeness (QED) is 0.306. The second-order valence-electron chi connectivity index (χ2n) is 1.38. The Morgan fingerprint density at radius 3 is 2.60 bits per heavy atom. The third-order valence-corrected chi connectivity index (χ3v) is 1.05. The van der Waals surface area contributed by atoms with Gasteiger partial charge in [-0.2, -0.15) is 0 Å². The Bertz CT molecular complexity index is 181. The molecule has 52 valence electrons. The molecule has 1 unspecified atom stereocenters. The number of amidine groups is 1. The first-order valence-electron chi connectivity index (χ1n) is 2.07. The van der Waals surface area contributed by atoms with Gasteiger partial charge in [0.25, 0.3) is 0 Å². The van der Waals surface area contributed by atoms with Crippen molar-refractivity contribution >= 4 is 64.4 Å². The maximum atomic E-state index is 8.84.